The van der Waals surface area contributed by atoms with Gasteiger partial charge in [0.2, 0.25) is 5.43 Å². The van der Waals surface area contributed by atoms with Crippen LogP contribution in [0.15, 0.2) is 45.6 Å². The fraction of sp³-hybridized carbons (Fsp3) is 0.278. The summed E-state index contributed by atoms with van der Waals surface area (Å²) >= 11 is 0. The number of hydrogen-bond donors (Lipinski definition) is 0. The van der Waals surface area contributed by atoms with Gasteiger partial charge in [-0.2, -0.15) is 0 Å². The average Bonchev–Trinajstić information content (AvgIpc) is 2.45. The van der Waals surface area contributed by atoms with Gasteiger partial charge in [0.15, 0.2) is 0 Å². The molecule has 2 aromatic carbocycles. The molecular weight excluding hydrogens is 264 g/mol. The predicted octanol–water partition coefficient (Wildman–Crippen LogP) is 4.05. The Morgan fingerprint density at radius 1 is 1.05 bits per heavy atom. The number of benzene rings is 2. The monoisotopic (exact) mass is 280 g/mol. The van der Waals surface area contributed by atoms with Gasteiger partial charge in [0, 0.05) is 6.07 Å². The summed E-state index contributed by atoms with van der Waals surface area (Å²) < 4.78 is 11.9. The standard InChI is InChI=1S/C18H16O3/c1-18(2)8-7-11-9-13-16(10-15(11)21-18)20-14-6-4-3-5-12(14)17(13)19/h3-6,9-10H,7-8H2,1-2H3. The Kier molecular flexibility index (Phi) is 2.43. The molecule has 0 aliphatic carbocycles. The summed E-state index contributed by atoms with van der Waals surface area (Å²) in [5.74, 6) is 0.831. The molecule has 21 heavy (non-hydrogen) atoms. The molecular formula is C18H16O3. The van der Waals surface area contributed by atoms with Crippen LogP contribution in [0.5, 0.6) is 5.75 Å². The van der Waals surface area contributed by atoms with E-state index < -0.39 is 0 Å². The largest absolute Gasteiger partial charge is 0.487 e. The van der Waals surface area contributed by atoms with Crippen molar-refractivity contribution in [3.05, 3.63) is 52.2 Å². The van der Waals surface area contributed by atoms with Gasteiger partial charge >= 0.3 is 0 Å². The van der Waals surface area contributed by atoms with Gasteiger partial charge in [0.1, 0.15) is 22.5 Å². The molecule has 2 heterocycles. The van der Waals surface area contributed by atoms with Gasteiger partial charge in [0.05, 0.1) is 10.8 Å². The van der Waals surface area contributed by atoms with Crippen molar-refractivity contribution in [1.82, 2.24) is 0 Å². The topological polar surface area (TPSA) is 39.4 Å². The second-order valence-electron chi connectivity index (χ2n) is 6.25. The van der Waals surface area contributed by atoms with Gasteiger partial charge < -0.3 is 9.15 Å². The van der Waals surface area contributed by atoms with Crippen molar-refractivity contribution in [2.75, 3.05) is 0 Å². The molecule has 0 N–H and O–H groups in total. The molecule has 1 aromatic heterocycles. The molecule has 0 fully saturated rings. The third kappa shape index (κ3) is 1.92. The highest BCUT2D eigenvalue weighted by atomic mass is 16.5. The van der Waals surface area contributed by atoms with E-state index in [-0.39, 0.29) is 11.0 Å². The second-order valence-corrected chi connectivity index (χ2v) is 6.25. The Labute approximate surface area is 122 Å². The van der Waals surface area contributed by atoms with E-state index in [1.54, 1.807) is 6.07 Å². The summed E-state index contributed by atoms with van der Waals surface area (Å²) in [6, 6.07) is 11.1. The minimum atomic E-state index is -0.169. The maximum Gasteiger partial charge on any atom is 0.200 e. The molecule has 1 aliphatic rings. The van der Waals surface area contributed by atoms with Crippen molar-refractivity contribution in [2.45, 2.75) is 32.3 Å². The lowest BCUT2D eigenvalue weighted by atomic mass is 9.93. The van der Waals surface area contributed by atoms with Crippen molar-refractivity contribution in [3.8, 4) is 5.75 Å². The number of aryl methyl sites for hydroxylation is 1. The van der Waals surface area contributed by atoms with Crippen LogP contribution in [0, 0.1) is 0 Å². The lowest BCUT2D eigenvalue weighted by Crippen LogP contribution is -2.32. The molecule has 3 heteroatoms. The first-order valence-electron chi connectivity index (χ1n) is 7.21. The second kappa shape index (κ2) is 4.10. The maximum absolute atomic E-state index is 12.6. The molecule has 0 radical (unpaired) electrons. The van der Waals surface area contributed by atoms with Gasteiger partial charge in [-0.05, 0) is 50.5 Å². The first-order chi connectivity index (χ1) is 10.0. The number of fused-ring (bicyclic) bond motifs is 3. The summed E-state index contributed by atoms with van der Waals surface area (Å²) in [5.41, 5.74) is 2.15. The van der Waals surface area contributed by atoms with Gasteiger partial charge in [-0.15, -0.1) is 0 Å². The van der Waals surface area contributed by atoms with Gasteiger partial charge in [-0.1, -0.05) is 12.1 Å². The van der Waals surface area contributed by atoms with E-state index >= 15 is 0 Å². The van der Waals surface area contributed by atoms with Crippen LogP contribution >= 0.6 is 0 Å². The zero-order chi connectivity index (χ0) is 14.6. The molecule has 106 valence electrons. The third-order valence-corrected chi connectivity index (χ3v) is 4.14. The van der Waals surface area contributed by atoms with Crippen molar-refractivity contribution in [2.24, 2.45) is 0 Å². The Balaban J connectivity index is 2.05. The fourth-order valence-corrected chi connectivity index (χ4v) is 2.95. The molecule has 0 spiro atoms. The molecule has 0 saturated heterocycles. The van der Waals surface area contributed by atoms with Crippen molar-refractivity contribution in [3.63, 3.8) is 0 Å². The molecule has 0 amide bonds. The van der Waals surface area contributed by atoms with Crippen molar-refractivity contribution in [1.29, 1.82) is 0 Å². The quantitative estimate of drug-likeness (QED) is 0.583. The van der Waals surface area contributed by atoms with Crippen LogP contribution in [0.3, 0.4) is 0 Å². The number of para-hydroxylation sites is 1. The number of hydrogen-bond acceptors (Lipinski definition) is 3. The molecule has 4 rings (SSSR count). The molecule has 0 saturated carbocycles. The van der Waals surface area contributed by atoms with Crippen molar-refractivity contribution < 1.29 is 9.15 Å². The summed E-state index contributed by atoms with van der Waals surface area (Å²) in [5, 5.41) is 1.26. The number of ether oxygens (including phenoxy) is 1. The van der Waals surface area contributed by atoms with E-state index in [1.165, 1.54) is 0 Å². The summed E-state index contributed by atoms with van der Waals surface area (Å²) in [6.07, 6.45) is 1.87. The highest BCUT2D eigenvalue weighted by molar-refractivity contribution is 5.90. The van der Waals surface area contributed by atoms with Crippen LogP contribution in [0.1, 0.15) is 25.8 Å². The first-order valence-corrected chi connectivity index (χ1v) is 7.21. The molecule has 0 atom stereocenters. The molecule has 3 nitrogen and oxygen atoms in total. The molecule has 0 bridgehead atoms. The Hall–Kier alpha value is -2.29. The minimum absolute atomic E-state index is 0.0273. The highest BCUT2D eigenvalue weighted by Crippen LogP contribution is 2.35. The Bertz CT molecular complexity index is 919. The van der Waals surface area contributed by atoms with Crippen LogP contribution in [0.2, 0.25) is 0 Å². The van der Waals surface area contributed by atoms with E-state index in [1.807, 2.05) is 30.3 Å². The predicted molar refractivity (Wildman–Crippen MR) is 83.0 cm³/mol. The van der Waals surface area contributed by atoms with Crippen LogP contribution in [-0.4, -0.2) is 5.60 Å². The SMILES string of the molecule is CC1(C)CCc2cc3c(=O)c4ccccc4oc3cc2O1. The van der Waals surface area contributed by atoms with Gasteiger partial charge in [-0.3, -0.25) is 4.79 Å². The summed E-state index contributed by atoms with van der Waals surface area (Å²) in [6.45, 7) is 4.16. The van der Waals surface area contributed by atoms with E-state index in [4.69, 9.17) is 9.15 Å². The highest BCUT2D eigenvalue weighted by Gasteiger charge is 2.27. The van der Waals surface area contributed by atoms with Crippen LogP contribution in [0.4, 0.5) is 0 Å². The fourth-order valence-electron chi connectivity index (χ4n) is 2.95. The minimum Gasteiger partial charge on any atom is -0.487 e. The Morgan fingerprint density at radius 2 is 1.86 bits per heavy atom. The van der Waals surface area contributed by atoms with Crippen molar-refractivity contribution >= 4 is 21.9 Å². The lowest BCUT2D eigenvalue weighted by molar-refractivity contribution is 0.0848. The van der Waals surface area contributed by atoms with Crippen LogP contribution < -0.4 is 10.2 Å². The zero-order valence-corrected chi connectivity index (χ0v) is 12.1. The summed E-state index contributed by atoms with van der Waals surface area (Å²) in [7, 11) is 0. The Morgan fingerprint density at radius 3 is 2.71 bits per heavy atom. The normalized spacial score (nSPS) is 16.7. The van der Waals surface area contributed by atoms with E-state index in [2.05, 4.69) is 13.8 Å². The first kappa shape index (κ1) is 12.5. The smallest absolute Gasteiger partial charge is 0.200 e. The van der Waals surface area contributed by atoms with E-state index in [0.29, 0.717) is 21.9 Å². The van der Waals surface area contributed by atoms with Gasteiger partial charge in [0.25, 0.3) is 0 Å². The number of rotatable bonds is 0. The lowest BCUT2D eigenvalue weighted by Gasteiger charge is -2.32. The summed E-state index contributed by atoms with van der Waals surface area (Å²) in [4.78, 5) is 12.6. The van der Waals surface area contributed by atoms with Crippen LogP contribution in [-0.2, 0) is 6.42 Å². The zero-order valence-electron chi connectivity index (χ0n) is 12.1. The van der Waals surface area contributed by atoms with Gasteiger partial charge in [-0.25, -0.2) is 0 Å². The van der Waals surface area contributed by atoms with Crippen LogP contribution in [0.25, 0.3) is 21.9 Å². The van der Waals surface area contributed by atoms with E-state index in [0.717, 1.165) is 24.2 Å². The molecule has 3 aromatic rings. The third-order valence-electron chi connectivity index (χ3n) is 4.14. The maximum atomic E-state index is 12.6. The molecule has 1 aliphatic heterocycles. The van der Waals surface area contributed by atoms with E-state index in [9.17, 15) is 4.79 Å². The average molecular weight is 280 g/mol. The molecule has 0 unspecified atom stereocenters.